The second kappa shape index (κ2) is 6.91. The fourth-order valence-electron chi connectivity index (χ4n) is 2.85. The van der Waals surface area contributed by atoms with Crippen LogP contribution in [0.3, 0.4) is 0 Å². The Morgan fingerprint density at radius 3 is 2.81 bits per heavy atom. The zero-order valence-electron chi connectivity index (χ0n) is 12.9. The van der Waals surface area contributed by atoms with Gasteiger partial charge in [-0.25, -0.2) is 0 Å². The van der Waals surface area contributed by atoms with Crippen LogP contribution in [0.1, 0.15) is 24.9 Å². The number of hydrogen-bond donors (Lipinski definition) is 2. The van der Waals surface area contributed by atoms with Gasteiger partial charge in [0, 0.05) is 19.2 Å². The lowest BCUT2D eigenvalue weighted by atomic mass is 9.86. The topological polar surface area (TPSA) is 59.6 Å². The number of rotatable bonds is 6. The number of carbonyl (C=O) groups excluding carboxylic acids is 1. The van der Waals surface area contributed by atoms with E-state index in [0.29, 0.717) is 13.2 Å². The average molecular weight is 292 g/mol. The van der Waals surface area contributed by atoms with Gasteiger partial charge in [-0.15, -0.1) is 0 Å². The van der Waals surface area contributed by atoms with E-state index in [4.69, 9.17) is 9.47 Å². The third kappa shape index (κ3) is 3.36. The zero-order chi connectivity index (χ0) is 15.3. The number of amides is 1. The van der Waals surface area contributed by atoms with E-state index in [1.54, 1.807) is 14.2 Å². The highest BCUT2D eigenvalue weighted by atomic mass is 16.5. The van der Waals surface area contributed by atoms with E-state index in [1.807, 2.05) is 31.2 Å². The molecule has 1 aromatic carbocycles. The Hall–Kier alpha value is -1.59. The van der Waals surface area contributed by atoms with Crippen molar-refractivity contribution in [1.82, 2.24) is 10.6 Å². The van der Waals surface area contributed by atoms with E-state index in [9.17, 15) is 4.79 Å². The Morgan fingerprint density at radius 2 is 2.19 bits per heavy atom. The molecule has 5 heteroatoms. The molecule has 5 nitrogen and oxygen atoms in total. The second-order valence-electron chi connectivity index (χ2n) is 5.58. The summed E-state index contributed by atoms with van der Waals surface area (Å²) < 4.78 is 10.6. The Morgan fingerprint density at radius 1 is 1.43 bits per heavy atom. The molecule has 0 aliphatic carbocycles. The van der Waals surface area contributed by atoms with Crippen LogP contribution in [-0.4, -0.2) is 39.8 Å². The summed E-state index contributed by atoms with van der Waals surface area (Å²) in [5.41, 5.74) is 0.511. The summed E-state index contributed by atoms with van der Waals surface area (Å²) >= 11 is 0. The molecule has 0 spiro atoms. The fourth-order valence-corrected chi connectivity index (χ4v) is 2.85. The van der Waals surface area contributed by atoms with Crippen LogP contribution in [0.25, 0.3) is 0 Å². The van der Waals surface area contributed by atoms with Crippen LogP contribution >= 0.6 is 0 Å². The first-order valence-corrected chi connectivity index (χ1v) is 7.26. The Kier molecular flexibility index (Phi) is 5.20. The molecule has 1 fully saturated rings. The summed E-state index contributed by atoms with van der Waals surface area (Å²) in [6, 6.07) is 7.63. The van der Waals surface area contributed by atoms with Gasteiger partial charge in [0.2, 0.25) is 5.91 Å². The standard InChI is InChI=1S/C16H24N2O3/c1-12(13-6-4-5-7-14(13)21-3)18-15(19)16(11-20-2)8-9-17-10-16/h4-7,12,17H,8-11H2,1-3H3,(H,18,19). The van der Waals surface area contributed by atoms with Crippen molar-refractivity contribution in [3.8, 4) is 5.75 Å². The molecule has 1 amide bonds. The van der Waals surface area contributed by atoms with Gasteiger partial charge in [0.15, 0.2) is 0 Å². The van der Waals surface area contributed by atoms with Crippen molar-refractivity contribution >= 4 is 5.91 Å². The molecule has 0 bridgehead atoms. The summed E-state index contributed by atoms with van der Waals surface area (Å²) in [6.45, 7) is 3.91. The molecule has 21 heavy (non-hydrogen) atoms. The molecule has 2 rings (SSSR count). The van der Waals surface area contributed by atoms with Gasteiger partial charge in [0.25, 0.3) is 0 Å². The quantitative estimate of drug-likeness (QED) is 0.834. The summed E-state index contributed by atoms with van der Waals surface area (Å²) in [6.07, 6.45) is 0.797. The van der Waals surface area contributed by atoms with Gasteiger partial charge in [-0.05, 0) is 26.0 Å². The minimum Gasteiger partial charge on any atom is -0.496 e. The van der Waals surface area contributed by atoms with Crippen molar-refractivity contribution in [1.29, 1.82) is 0 Å². The highest BCUT2D eigenvalue weighted by molar-refractivity contribution is 5.84. The van der Waals surface area contributed by atoms with Crippen molar-refractivity contribution in [2.45, 2.75) is 19.4 Å². The van der Waals surface area contributed by atoms with Crippen molar-refractivity contribution in [3.63, 3.8) is 0 Å². The monoisotopic (exact) mass is 292 g/mol. The van der Waals surface area contributed by atoms with Crippen LogP contribution in [0, 0.1) is 5.41 Å². The average Bonchev–Trinajstić information content (AvgIpc) is 2.97. The van der Waals surface area contributed by atoms with E-state index in [2.05, 4.69) is 10.6 Å². The molecule has 1 aliphatic heterocycles. The van der Waals surface area contributed by atoms with Crippen molar-refractivity contribution in [2.24, 2.45) is 5.41 Å². The zero-order valence-corrected chi connectivity index (χ0v) is 12.9. The maximum atomic E-state index is 12.7. The molecular formula is C16H24N2O3. The van der Waals surface area contributed by atoms with E-state index < -0.39 is 5.41 Å². The number of benzene rings is 1. The molecule has 2 unspecified atom stereocenters. The van der Waals surface area contributed by atoms with Crippen LogP contribution in [0.15, 0.2) is 24.3 Å². The van der Waals surface area contributed by atoms with Crippen molar-refractivity contribution < 1.29 is 14.3 Å². The van der Waals surface area contributed by atoms with Gasteiger partial charge < -0.3 is 20.1 Å². The molecule has 1 aromatic rings. The highest BCUT2D eigenvalue weighted by Gasteiger charge is 2.41. The number of carbonyl (C=O) groups is 1. The number of methoxy groups -OCH3 is 2. The molecular weight excluding hydrogens is 268 g/mol. The lowest BCUT2D eigenvalue weighted by molar-refractivity contribution is -0.133. The van der Waals surface area contributed by atoms with E-state index >= 15 is 0 Å². The normalized spacial score (nSPS) is 22.8. The van der Waals surface area contributed by atoms with E-state index in [-0.39, 0.29) is 11.9 Å². The predicted molar refractivity (Wildman–Crippen MR) is 81.3 cm³/mol. The van der Waals surface area contributed by atoms with E-state index in [0.717, 1.165) is 24.3 Å². The van der Waals surface area contributed by atoms with Gasteiger partial charge in [0.05, 0.1) is 25.2 Å². The van der Waals surface area contributed by atoms with Gasteiger partial charge in [-0.3, -0.25) is 4.79 Å². The van der Waals surface area contributed by atoms with Gasteiger partial charge in [0.1, 0.15) is 5.75 Å². The number of nitrogens with one attached hydrogen (secondary N) is 2. The Labute approximate surface area is 126 Å². The summed E-state index contributed by atoms with van der Waals surface area (Å²) in [5, 5.41) is 6.35. The predicted octanol–water partition coefficient (Wildman–Crippen LogP) is 1.50. The van der Waals surface area contributed by atoms with Gasteiger partial charge >= 0.3 is 0 Å². The second-order valence-corrected chi connectivity index (χ2v) is 5.58. The van der Waals surface area contributed by atoms with Crippen LogP contribution in [0.2, 0.25) is 0 Å². The number of hydrogen-bond acceptors (Lipinski definition) is 4. The van der Waals surface area contributed by atoms with Crippen LogP contribution in [-0.2, 0) is 9.53 Å². The minimum absolute atomic E-state index is 0.0350. The maximum Gasteiger partial charge on any atom is 0.230 e. The molecule has 0 saturated carbocycles. The smallest absolute Gasteiger partial charge is 0.230 e. The Balaban J connectivity index is 2.11. The maximum absolute atomic E-state index is 12.7. The molecule has 1 heterocycles. The lowest BCUT2D eigenvalue weighted by Gasteiger charge is -2.28. The minimum atomic E-state index is -0.467. The van der Waals surface area contributed by atoms with Gasteiger partial charge in [-0.1, -0.05) is 18.2 Å². The van der Waals surface area contributed by atoms with Crippen LogP contribution in [0.5, 0.6) is 5.75 Å². The van der Waals surface area contributed by atoms with Crippen LogP contribution in [0.4, 0.5) is 0 Å². The summed E-state index contributed by atoms with van der Waals surface area (Å²) in [5.74, 6) is 0.823. The SMILES string of the molecule is COCC1(C(=O)NC(C)c2ccccc2OC)CCNC1. The molecule has 0 radical (unpaired) electrons. The van der Waals surface area contributed by atoms with Crippen molar-refractivity contribution in [2.75, 3.05) is 33.9 Å². The van der Waals surface area contributed by atoms with Crippen LogP contribution < -0.4 is 15.4 Å². The van der Waals surface area contributed by atoms with Crippen molar-refractivity contribution in [3.05, 3.63) is 29.8 Å². The van der Waals surface area contributed by atoms with Gasteiger partial charge in [-0.2, -0.15) is 0 Å². The number of ether oxygens (including phenoxy) is 2. The third-order valence-electron chi connectivity index (χ3n) is 4.10. The molecule has 116 valence electrons. The first-order chi connectivity index (χ1) is 10.1. The molecule has 1 saturated heterocycles. The highest BCUT2D eigenvalue weighted by Crippen LogP contribution is 2.29. The molecule has 2 N–H and O–H groups in total. The third-order valence-corrected chi connectivity index (χ3v) is 4.10. The molecule has 2 atom stereocenters. The summed E-state index contributed by atoms with van der Waals surface area (Å²) in [4.78, 5) is 12.7. The number of para-hydroxylation sites is 1. The first kappa shape index (κ1) is 15.8. The lowest BCUT2D eigenvalue weighted by Crippen LogP contribution is -2.46. The molecule has 1 aliphatic rings. The fraction of sp³-hybridized carbons (Fsp3) is 0.562. The molecule has 0 aromatic heterocycles. The van der Waals surface area contributed by atoms with E-state index in [1.165, 1.54) is 0 Å². The first-order valence-electron chi connectivity index (χ1n) is 7.26. The Bertz CT molecular complexity index is 484. The summed E-state index contributed by atoms with van der Waals surface area (Å²) in [7, 11) is 3.28. The largest absolute Gasteiger partial charge is 0.496 e.